The fourth-order valence-corrected chi connectivity index (χ4v) is 3.44. The highest BCUT2D eigenvalue weighted by atomic mass is 19.1. The quantitative estimate of drug-likeness (QED) is 0.280. The Kier molecular flexibility index (Phi) is 7.85. The second-order valence-corrected chi connectivity index (χ2v) is 7.87. The average molecular weight is 499 g/mol. The van der Waals surface area contributed by atoms with Gasteiger partial charge in [0.05, 0.1) is 11.4 Å². The van der Waals surface area contributed by atoms with Crippen LogP contribution in [0.2, 0.25) is 0 Å². The summed E-state index contributed by atoms with van der Waals surface area (Å²) in [5.74, 6) is -1.86. The van der Waals surface area contributed by atoms with Gasteiger partial charge < -0.3 is 15.4 Å². The van der Waals surface area contributed by atoms with E-state index in [1.807, 2.05) is 30.3 Å². The number of carbonyl (C=O) groups excluding carboxylic acids is 3. The molecule has 0 radical (unpaired) electrons. The van der Waals surface area contributed by atoms with Gasteiger partial charge in [0.2, 0.25) is 0 Å². The van der Waals surface area contributed by atoms with Crippen LogP contribution < -0.4 is 10.6 Å². The molecule has 0 unspecified atom stereocenters. The van der Waals surface area contributed by atoms with Crippen molar-refractivity contribution < 1.29 is 23.5 Å². The molecule has 2 N–H and O–H groups in total. The number of rotatable bonds is 8. The average Bonchev–Trinajstić information content (AvgIpc) is 3.36. The van der Waals surface area contributed by atoms with Gasteiger partial charge >= 0.3 is 5.97 Å². The Morgan fingerprint density at radius 2 is 1.68 bits per heavy atom. The number of benzene rings is 3. The van der Waals surface area contributed by atoms with Crippen LogP contribution in [-0.4, -0.2) is 41.2 Å². The topological polar surface area (TPSA) is 102 Å². The first kappa shape index (κ1) is 25.1. The molecule has 4 rings (SSSR count). The van der Waals surface area contributed by atoms with Crippen molar-refractivity contribution in [3.63, 3.8) is 0 Å². The highest BCUT2D eigenvalue weighted by molar-refractivity contribution is 5.97. The molecule has 0 aliphatic carbocycles. The summed E-state index contributed by atoms with van der Waals surface area (Å²) in [4.78, 5) is 36.0. The van der Waals surface area contributed by atoms with Crippen molar-refractivity contribution in [3.8, 4) is 16.9 Å². The molecule has 4 aromatic rings. The highest BCUT2D eigenvalue weighted by Crippen LogP contribution is 2.25. The summed E-state index contributed by atoms with van der Waals surface area (Å²) in [6.07, 6.45) is 4.47. The van der Waals surface area contributed by atoms with E-state index in [-0.39, 0.29) is 11.7 Å². The van der Waals surface area contributed by atoms with Gasteiger partial charge in [0, 0.05) is 41.7 Å². The van der Waals surface area contributed by atoms with E-state index in [0.717, 1.165) is 5.69 Å². The lowest BCUT2D eigenvalue weighted by Gasteiger charge is -2.06. The summed E-state index contributed by atoms with van der Waals surface area (Å²) in [5.41, 5.74) is 3.55. The molecule has 0 fully saturated rings. The van der Waals surface area contributed by atoms with E-state index in [4.69, 9.17) is 4.74 Å². The fraction of sp³-hybridized carbons (Fsp3) is 0.0714. The fourth-order valence-electron chi connectivity index (χ4n) is 3.44. The number of aromatic nitrogens is 2. The summed E-state index contributed by atoms with van der Waals surface area (Å²) in [7, 11) is 1.53. The van der Waals surface area contributed by atoms with Crippen LogP contribution in [0.15, 0.2) is 91.1 Å². The molecule has 0 saturated heterocycles. The number of hydrogen-bond acceptors (Lipinski definition) is 5. The van der Waals surface area contributed by atoms with Crippen molar-refractivity contribution in [1.29, 1.82) is 0 Å². The monoisotopic (exact) mass is 498 g/mol. The predicted octanol–water partition coefficient (Wildman–Crippen LogP) is 4.23. The van der Waals surface area contributed by atoms with Crippen LogP contribution in [0.5, 0.6) is 0 Å². The van der Waals surface area contributed by atoms with Gasteiger partial charge in [0.25, 0.3) is 11.8 Å². The zero-order valence-electron chi connectivity index (χ0n) is 19.9. The molecular formula is C28H23FN4O4. The highest BCUT2D eigenvalue weighted by Gasteiger charge is 2.12. The van der Waals surface area contributed by atoms with E-state index in [1.165, 1.54) is 31.3 Å². The molecule has 0 bridgehead atoms. The lowest BCUT2D eigenvalue weighted by atomic mass is 10.1. The molecule has 0 saturated carbocycles. The first-order valence-corrected chi connectivity index (χ1v) is 11.3. The Bertz CT molecular complexity index is 1430. The molecular weight excluding hydrogens is 475 g/mol. The lowest BCUT2D eigenvalue weighted by Crippen LogP contribution is -2.20. The van der Waals surface area contributed by atoms with Crippen molar-refractivity contribution in [2.45, 2.75) is 0 Å². The summed E-state index contributed by atoms with van der Waals surface area (Å²) < 4.78 is 20.1. The summed E-state index contributed by atoms with van der Waals surface area (Å²) in [6.45, 7) is -0.492. The van der Waals surface area contributed by atoms with Gasteiger partial charge in [-0.1, -0.05) is 18.2 Å². The summed E-state index contributed by atoms with van der Waals surface area (Å²) in [6, 6.07) is 21.6. The number of esters is 1. The Balaban J connectivity index is 1.42. The molecule has 1 heterocycles. The number of hydrogen-bond donors (Lipinski definition) is 2. The third-order valence-electron chi connectivity index (χ3n) is 5.28. The predicted molar refractivity (Wildman–Crippen MR) is 137 cm³/mol. The first-order valence-electron chi connectivity index (χ1n) is 11.3. The van der Waals surface area contributed by atoms with Gasteiger partial charge in [-0.15, -0.1) is 0 Å². The van der Waals surface area contributed by atoms with Crippen LogP contribution in [0.25, 0.3) is 23.0 Å². The van der Waals surface area contributed by atoms with Crippen LogP contribution in [0.3, 0.4) is 0 Å². The van der Waals surface area contributed by atoms with Gasteiger partial charge in [-0.25, -0.2) is 13.9 Å². The van der Waals surface area contributed by atoms with Gasteiger partial charge in [0.15, 0.2) is 6.61 Å². The number of nitrogens with zero attached hydrogens (tertiary/aromatic N) is 2. The SMILES string of the molecule is CNC(=O)c1ccc(NC(=O)COC(=O)/C=C/c2cn(-c3ccccc3)nc2-c2ccc(F)cc2)cc1. The molecule has 186 valence electrons. The molecule has 0 aliphatic heterocycles. The first-order chi connectivity index (χ1) is 17.9. The molecule has 0 spiro atoms. The second kappa shape index (κ2) is 11.6. The number of para-hydroxylation sites is 1. The van der Waals surface area contributed by atoms with Crippen LogP contribution in [0, 0.1) is 5.82 Å². The van der Waals surface area contributed by atoms with Crippen molar-refractivity contribution >= 4 is 29.5 Å². The zero-order valence-corrected chi connectivity index (χ0v) is 19.9. The maximum absolute atomic E-state index is 13.4. The van der Waals surface area contributed by atoms with Gasteiger partial charge in [-0.2, -0.15) is 5.10 Å². The molecule has 9 heteroatoms. The maximum atomic E-state index is 13.4. The number of nitrogens with one attached hydrogen (secondary N) is 2. The van der Waals surface area contributed by atoms with Crippen LogP contribution in [0.4, 0.5) is 10.1 Å². The Labute approximate surface area is 212 Å². The van der Waals surface area contributed by atoms with E-state index in [2.05, 4.69) is 15.7 Å². The number of amides is 2. The number of ether oxygens (including phenoxy) is 1. The molecule has 37 heavy (non-hydrogen) atoms. The Morgan fingerprint density at radius 1 is 0.973 bits per heavy atom. The number of anilines is 1. The van der Waals surface area contributed by atoms with E-state index >= 15 is 0 Å². The van der Waals surface area contributed by atoms with E-state index in [9.17, 15) is 18.8 Å². The summed E-state index contributed by atoms with van der Waals surface area (Å²) in [5, 5.41) is 9.71. The normalized spacial score (nSPS) is 10.8. The standard InChI is InChI=1S/C28H23FN4O4/c1-30-28(36)20-9-14-23(15-10-20)31-25(34)18-37-26(35)16-11-21-17-33(24-5-3-2-4-6-24)32-27(21)19-7-12-22(29)13-8-19/h2-17H,18H2,1H3,(H,30,36)(H,31,34)/b16-11+. The van der Waals surface area contributed by atoms with Crippen molar-refractivity contribution in [2.75, 3.05) is 19.0 Å². The molecule has 3 aromatic carbocycles. The van der Waals surface area contributed by atoms with Crippen LogP contribution in [-0.2, 0) is 14.3 Å². The van der Waals surface area contributed by atoms with Crippen molar-refractivity contribution in [1.82, 2.24) is 15.1 Å². The smallest absolute Gasteiger partial charge is 0.331 e. The minimum absolute atomic E-state index is 0.240. The second-order valence-electron chi connectivity index (χ2n) is 7.87. The van der Waals surface area contributed by atoms with E-state index in [1.54, 1.807) is 47.3 Å². The molecule has 0 aliphatic rings. The zero-order chi connectivity index (χ0) is 26.2. The lowest BCUT2D eigenvalue weighted by molar-refractivity contribution is -0.142. The van der Waals surface area contributed by atoms with Crippen molar-refractivity contribution in [2.24, 2.45) is 0 Å². The molecule has 1 aromatic heterocycles. The molecule has 8 nitrogen and oxygen atoms in total. The van der Waals surface area contributed by atoms with E-state index in [0.29, 0.717) is 28.1 Å². The maximum Gasteiger partial charge on any atom is 0.331 e. The number of halogens is 1. The largest absolute Gasteiger partial charge is 0.452 e. The number of carbonyl (C=O) groups is 3. The van der Waals surface area contributed by atoms with Crippen LogP contribution >= 0.6 is 0 Å². The van der Waals surface area contributed by atoms with Gasteiger partial charge in [-0.05, 0) is 66.7 Å². The van der Waals surface area contributed by atoms with Crippen molar-refractivity contribution in [3.05, 3.63) is 108 Å². The molecule has 0 atom stereocenters. The van der Waals surface area contributed by atoms with E-state index < -0.39 is 18.5 Å². The minimum Gasteiger partial charge on any atom is -0.452 e. The Hall–Kier alpha value is -5.05. The van der Waals surface area contributed by atoms with Gasteiger partial charge in [0.1, 0.15) is 5.82 Å². The molecule has 2 amide bonds. The third-order valence-corrected chi connectivity index (χ3v) is 5.28. The summed E-state index contributed by atoms with van der Waals surface area (Å²) >= 11 is 0. The third kappa shape index (κ3) is 6.55. The van der Waals surface area contributed by atoms with Crippen LogP contribution in [0.1, 0.15) is 15.9 Å². The minimum atomic E-state index is -0.720. The van der Waals surface area contributed by atoms with Gasteiger partial charge in [-0.3, -0.25) is 9.59 Å². The Morgan fingerprint density at radius 3 is 2.35 bits per heavy atom.